The van der Waals surface area contributed by atoms with Gasteiger partial charge in [0.05, 0.1) is 11.3 Å². The molecule has 0 atom stereocenters. The molecule has 4 N–H and O–H groups in total. The van der Waals surface area contributed by atoms with Crippen molar-refractivity contribution in [2.24, 2.45) is 5.84 Å². The molecule has 0 fully saturated rings. The fourth-order valence-electron chi connectivity index (χ4n) is 1.59. The molecular weight excluding hydrogens is 228 g/mol. The molecule has 2 aromatic rings. The number of anilines is 1. The number of nitrogens with zero attached hydrogens (tertiary/aromatic N) is 1. The van der Waals surface area contributed by atoms with Crippen molar-refractivity contribution in [2.45, 2.75) is 6.54 Å². The second-order valence-electron chi connectivity index (χ2n) is 3.73. The minimum atomic E-state index is -0.166. The molecule has 0 spiro atoms. The van der Waals surface area contributed by atoms with E-state index in [-0.39, 0.29) is 5.91 Å². The van der Waals surface area contributed by atoms with Crippen LogP contribution < -0.4 is 16.6 Å². The molecule has 18 heavy (non-hydrogen) atoms. The zero-order valence-electron chi connectivity index (χ0n) is 9.76. The predicted octanol–water partition coefficient (Wildman–Crippen LogP) is 1.30. The molecule has 5 nitrogen and oxygen atoms in total. The number of nitrogens with one attached hydrogen (secondary N) is 2. The fourth-order valence-corrected chi connectivity index (χ4v) is 1.59. The number of benzene rings is 1. The first-order valence-corrected chi connectivity index (χ1v) is 5.54. The van der Waals surface area contributed by atoms with Crippen LogP contribution in [0.25, 0.3) is 0 Å². The van der Waals surface area contributed by atoms with Crippen LogP contribution >= 0.6 is 0 Å². The van der Waals surface area contributed by atoms with Crippen molar-refractivity contribution >= 4 is 11.6 Å². The average molecular weight is 242 g/mol. The summed E-state index contributed by atoms with van der Waals surface area (Å²) in [5.74, 6) is 5.19. The third kappa shape index (κ3) is 2.83. The third-order valence-electron chi connectivity index (χ3n) is 2.53. The topological polar surface area (TPSA) is 80.0 Å². The Bertz CT molecular complexity index is 528. The number of carbonyl (C=O) groups is 1. The van der Waals surface area contributed by atoms with Gasteiger partial charge < -0.3 is 10.7 Å². The first-order chi connectivity index (χ1) is 8.81. The van der Waals surface area contributed by atoms with E-state index in [0.717, 1.165) is 5.56 Å². The highest BCUT2D eigenvalue weighted by molar-refractivity contribution is 5.99. The zero-order chi connectivity index (χ0) is 12.8. The van der Waals surface area contributed by atoms with Gasteiger partial charge in [0, 0.05) is 18.9 Å². The minimum Gasteiger partial charge on any atom is -0.348 e. The molecule has 1 aromatic carbocycles. The first-order valence-electron chi connectivity index (χ1n) is 5.54. The van der Waals surface area contributed by atoms with Gasteiger partial charge in [0.25, 0.3) is 5.91 Å². The predicted molar refractivity (Wildman–Crippen MR) is 69.7 cm³/mol. The Hall–Kier alpha value is -2.40. The van der Waals surface area contributed by atoms with Crippen LogP contribution in [0.1, 0.15) is 15.9 Å². The maximum atomic E-state index is 12.0. The highest BCUT2D eigenvalue weighted by Gasteiger charge is 2.09. The fraction of sp³-hybridized carbons (Fsp3) is 0.0769. The number of hydrogen-bond donors (Lipinski definition) is 3. The maximum absolute atomic E-state index is 12.0. The summed E-state index contributed by atoms with van der Waals surface area (Å²) < 4.78 is 0. The van der Waals surface area contributed by atoms with Crippen molar-refractivity contribution in [2.75, 3.05) is 5.43 Å². The van der Waals surface area contributed by atoms with Crippen molar-refractivity contribution in [1.82, 2.24) is 10.3 Å². The number of nitrogens with two attached hydrogens (primary N) is 1. The van der Waals surface area contributed by atoms with Crippen LogP contribution in [0.2, 0.25) is 0 Å². The van der Waals surface area contributed by atoms with E-state index < -0.39 is 0 Å². The lowest BCUT2D eigenvalue weighted by Gasteiger charge is -2.09. The van der Waals surface area contributed by atoms with Gasteiger partial charge in [-0.2, -0.15) is 0 Å². The van der Waals surface area contributed by atoms with E-state index in [9.17, 15) is 4.79 Å². The van der Waals surface area contributed by atoms with Crippen molar-refractivity contribution in [3.63, 3.8) is 0 Å². The average Bonchev–Trinajstić information content (AvgIpc) is 2.45. The molecule has 0 bridgehead atoms. The number of amides is 1. The summed E-state index contributed by atoms with van der Waals surface area (Å²) >= 11 is 0. The second kappa shape index (κ2) is 5.79. The molecular formula is C13H14N4O. The maximum Gasteiger partial charge on any atom is 0.253 e. The SMILES string of the molecule is NNc1ccccc1C(=O)NCc1ccncc1. The Morgan fingerprint density at radius 2 is 1.89 bits per heavy atom. The van der Waals surface area contributed by atoms with Crippen LogP contribution in [0.4, 0.5) is 5.69 Å². The minimum absolute atomic E-state index is 0.166. The summed E-state index contributed by atoms with van der Waals surface area (Å²) in [6.45, 7) is 0.459. The molecule has 0 saturated heterocycles. The second-order valence-corrected chi connectivity index (χ2v) is 3.73. The molecule has 1 amide bonds. The highest BCUT2D eigenvalue weighted by atomic mass is 16.1. The zero-order valence-corrected chi connectivity index (χ0v) is 9.76. The lowest BCUT2D eigenvalue weighted by Crippen LogP contribution is -2.24. The quantitative estimate of drug-likeness (QED) is 0.557. The van der Waals surface area contributed by atoms with Crippen LogP contribution in [-0.2, 0) is 6.54 Å². The number of aromatic nitrogens is 1. The summed E-state index contributed by atoms with van der Waals surface area (Å²) in [4.78, 5) is 15.9. The summed E-state index contributed by atoms with van der Waals surface area (Å²) in [7, 11) is 0. The lowest BCUT2D eigenvalue weighted by atomic mass is 10.1. The van der Waals surface area contributed by atoms with Crippen molar-refractivity contribution in [3.8, 4) is 0 Å². The number of hydrazine groups is 1. The number of nitrogen functional groups attached to an aromatic ring is 1. The summed E-state index contributed by atoms with van der Waals surface area (Å²) in [5, 5.41) is 2.83. The number of rotatable bonds is 4. The van der Waals surface area contributed by atoms with E-state index in [2.05, 4.69) is 15.7 Å². The van der Waals surface area contributed by atoms with Crippen LogP contribution in [-0.4, -0.2) is 10.9 Å². The van der Waals surface area contributed by atoms with Crippen LogP contribution in [0.15, 0.2) is 48.8 Å². The number of para-hydroxylation sites is 1. The van der Waals surface area contributed by atoms with Crippen molar-refractivity contribution in [3.05, 3.63) is 59.9 Å². The normalized spacial score (nSPS) is 9.83. The summed E-state index contributed by atoms with van der Waals surface area (Å²) in [6, 6.07) is 10.8. The van der Waals surface area contributed by atoms with Gasteiger partial charge in [-0.3, -0.25) is 15.6 Å². The molecule has 1 aromatic heterocycles. The standard InChI is InChI=1S/C13H14N4O/c14-17-12-4-2-1-3-11(12)13(18)16-9-10-5-7-15-8-6-10/h1-8,17H,9,14H2,(H,16,18). The van der Waals surface area contributed by atoms with Gasteiger partial charge in [-0.1, -0.05) is 12.1 Å². The van der Waals surface area contributed by atoms with Gasteiger partial charge in [-0.05, 0) is 29.8 Å². The highest BCUT2D eigenvalue weighted by Crippen LogP contribution is 2.13. The molecule has 1 heterocycles. The lowest BCUT2D eigenvalue weighted by molar-refractivity contribution is 0.0951. The molecule has 5 heteroatoms. The Morgan fingerprint density at radius 3 is 2.61 bits per heavy atom. The molecule has 0 aliphatic heterocycles. The molecule has 0 aliphatic rings. The molecule has 0 unspecified atom stereocenters. The molecule has 0 aliphatic carbocycles. The van der Waals surface area contributed by atoms with Gasteiger partial charge in [0.1, 0.15) is 0 Å². The molecule has 0 radical (unpaired) electrons. The molecule has 2 rings (SSSR count). The Kier molecular flexibility index (Phi) is 3.88. The van der Waals surface area contributed by atoms with Crippen molar-refractivity contribution < 1.29 is 4.79 Å². The largest absolute Gasteiger partial charge is 0.348 e. The van der Waals surface area contributed by atoms with Crippen LogP contribution in [0, 0.1) is 0 Å². The van der Waals surface area contributed by atoms with E-state index in [0.29, 0.717) is 17.8 Å². The molecule has 92 valence electrons. The smallest absolute Gasteiger partial charge is 0.253 e. The third-order valence-corrected chi connectivity index (χ3v) is 2.53. The van der Waals surface area contributed by atoms with E-state index >= 15 is 0 Å². The monoisotopic (exact) mass is 242 g/mol. The van der Waals surface area contributed by atoms with Gasteiger partial charge in [-0.25, -0.2) is 0 Å². The van der Waals surface area contributed by atoms with Gasteiger partial charge in [0.15, 0.2) is 0 Å². The first kappa shape index (κ1) is 12.1. The van der Waals surface area contributed by atoms with E-state index in [4.69, 9.17) is 5.84 Å². The van der Waals surface area contributed by atoms with Crippen LogP contribution in [0.5, 0.6) is 0 Å². The van der Waals surface area contributed by atoms with E-state index in [1.54, 1.807) is 30.6 Å². The van der Waals surface area contributed by atoms with Crippen LogP contribution in [0.3, 0.4) is 0 Å². The van der Waals surface area contributed by atoms with Gasteiger partial charge >= 0.3 is 0 Å². The Balaban J connectivity index is 2.04. The Morgan fingerprint density at radius 1 is 1.17 bits per heavy atom. The van der Waals surface area contributed by atoms with Gasteiger partial charge in [-0.15, -0.1) is 0 Å². The van der Waals surface area contributed by atoms with Gasteiger partial charge in [0.2, 0.25) is 0 Å². The van der Waals surface area contributed by atoms with Crippen molar-refractivity contribution in [1.29, 1.82) is 0 Å². The van der Waals surface area contributed by atoms with E-state index in [1.165, 1.54) is 0 Å². The summed E-state index contributed by atoms with van der Waals surface area (Å²) in [6.07, 6.45) is 3.38. The number of pyridine rings is 1. The number of carbonyl (C=O) groups excluding carboxylic acids is 1. The summed E-state index contributed by atoms with van der Waals surface area (Å²) in [5.41, 5.74) is 4.62. The van der Waals surface area contributed by atoms with E-state index in [1.807, 2.05) is 18.2 Å². The Labute approximate surface area is 105 Å². The molecule has 0 saturated carbocycles. The number of hydrogen-bond acceptors (Lipinski definition) is 4.